The molecule has 4 aliphatic carbocycles. The number of carbonyl (C=O) groups excluding carboxylic acids is 1. The van der Waals surface area contributed by atoms with E-state index in [2.05, 4.69) is 86.8 Å². The molecule has 2 aromatic rings. The van der Waals surface area contributed by atoms with Crippen LogP contribution < -0.4 is 26.8 Å². The van der Waals surface area contributed by atoms with Crippen molar-refractivity contribution in [3.8, 4) is 0 Å². The Morgan fingerprint density at radius 2 is 1.55 bits per heavy atom. The minimum absolute atomic E-state index is 0. The number of likely N-dealkylation sites (tertiary alicyclic amines) is 1. The number of nitrogens with one attached hydrogen (secondary N) is 1. The number of piperidine rings is 1. The number of carbonyl (C=O) groups is 1. The van der Waals surface area contributed by atoms with Crippen molar-refractivity contribution in [1.82, 2.24) is 9.80 Å². The Balaban J connectivity index is 0.00000417. The van der Waals surface area contributed by atoms with E-state index < -0.39 is 0 Å². The number of quaternary nitrogens is 1. The van der Waals surface area contributed by atoms with Gasteiger partial charge in [-0.25, -0.2) is 0 Å². The zero-order valence-electron chi connectivity index (χ0n) is 30.0. The summed E-state index contributed by atoms with van der Waals surface area (Å²) in [5.74, 6) is 2.05. The third-order valence-corrected chi connectivity index (χ3v) is 15.2. The molecular formula is C42H61BrN2O4. The number of hydrogen-bond donors (Lipinski definition) is 4. The summed E-state index contributed by atoms with van der Waals surface area (Å²) in [4.78, 5) is 13.4. The molecule has 270 valence electrons. The van der Waals surface area contributed by atoms with Crippen molar-refractivity contribution in [3.63, 3.8) is 0 Å². The number of benzene rings is 2. The van der Waals surface area contributed by atoms with Gasteiger partial charge in [-0.1, -0.05) is 69.3 Å². The predicted molar refractivity (Wildman–Crippen MR) is 192 cm³/mol. The van der Waals surface area contributed by atoms with Crippen LogP contribution in [0.25, 0.3) is 0 Å². The molecule has 7 heteroatoms. The summed E-state index contributed by atoms with van der Waals surface area (Å²) in [6, 6.07) is 21.9. The lowest BCUT2D eigenvalue weighted by atomic mass is 9.43. The zero-order chi connectivity index (χ0) is 33.7. The average molecular weight is 738 g/mol. The summed E-state index contributed by atoms with van der Waals surface area (Å²) in [6.45, 7) is 10.00. The third kappa shape index (κ3) is 6.81. The number of hydrogen-bond acceptors (Lipinski definition) is 4. The van der Waals surface area contributed by atoms with Gasteiger partial charge in [-0.2, -0.15) is 0 Å². The van der Waals surface area contributed by atoms with Crippen LogP contribution in [-0.2, 0) is 11.3 Å². The molecule has 1 heterocycles. The number of fused-ring (bicyclic) bond motifs is 5. The van der Waals surface area contributed by atoms with E-state index in [0.29, 0.717) is 36.0 Å². The second-order valence-electron chi connectivity index (χ2n) is 17.5. The first-order valence-electron chi connectivity index (χ1n) is 19.3. The Bertz CT molecular complexity index is 1400. The van der Waals surface area contributed by atoms with Gasteiger partial charge in [0.1, 0.15) is 12.2 Å². The smallest absolute Gasteiger partial charge is 0.220 e. The average Bonchev–Trinajstić information content (AvgIpc) is 3.45. The van der Waals surface area contributed by atoms with Crippen LogP contribution in [0.3, 0.4) is 0 Å². The van der Waals surface area contributed by atoms with Crippen LogP contribution in [0.15, 0.2) is 60.7 Å². The number of rotatable bonds is 8. The third-order valence-electron chi connectivity index (χ3n) is 15.2. The van der Waals surface area contributed by atoms with Crippen LogP contribution in [0.4, 0.5) is 5.69 Å². The van der Waals surface area contributed by atoms with E-state index in [0.717, 1.165) is 88.3 Å². The van der Waals surface area contributed by atoms with Gasteiger partial charge in [-0.3, -0.25) is 9.28 Å². The minimum Gasteiger partial charge on any atom is -1.00 e. The first kappa shape index (κ1) is 37.0. The zero-order valence-corrected chi connectivity index (χ0v) is 31.6. The first-order valence-corrected chi connectivity index (χ1v) is 19.3. The summed E-state index contributed by atoms with van der Waals surface area (Å²) in [5, 5.41) is 37.4. The molecule has 0 unspecified atom stereocenters. The van der Waals surface area contributed by atoms with E-state index in [-0.39, 0.29) is 64.0 Å². The maximum Gasteiger partial charge on any atom is 0.220 e. The van der Waals surface area contributed by atoms with E-state index in [1.165, 1.54) is 11.3 Å². The van der Waals surface area contributed by atoms with Gasteiger partial charge in [0, 0.05) is 30.9 Å². The lowest BCUT2D eigenvalue weighted by molar-refractivity contribution is -0.207. The summed E-state index contributed by atoms with van der Waals surface area (Å²) in [7, 11) is 0. The van der Waals surface area contributed by atoms with Crippen molar-refractivity contribution >= 4 is 11.6 Å². The van der Waals surface area contributed by atoms with Crippen molar-refractivity contribution in [1.29, 1.82) is 0 Å². The maximum atomic E-state index is 13.4. The van der Waals surface area contributed by atoms with Crippen LogP contribution >= 0.6 is 0 Å². The Labute approximate surface area is 305 Å². The summed E-state index contributed by atoms with van der Waals surface area (Å²) in [5.41, 5.74) is 2.57. The summed E-state index contributed by atoms with van der Waals surface area (Å²) < 4.78 is 0.927. The van der Waals surface area contributed by atoms with Crippen molar-refractivity contribution in [2.75, 3.05) is 13.1 Å². The van der Waals surface area contributed by atoms with Gasteiger partial charge < -0.3 is 37.6 Å². The molecule has 0 aromatic heterocycles. The van der Waals surface area contributed by atoms with Gasteiger partial charge in [0.2, 0.25) is 5.91 Å². The molecule has 5 aliphatic rings. The molecule has 4 N–H and O–H groups in total. The lowest BCUT2D eigenvalue weighted by Gasteiger charge is -2.63. The van der Waals surface area contributed by atoms with E-state index in [4.69, 9.17) is 0 Å². The normalized spacial score (nSPS) is 42.1. The first-order chi connectivity index (χ1) is 23.0. The molecule has 11 atom stereocenters. The van der Waals surface area contributed by atoms with E-state index in [1.54, 1.807) is 0 Å². The van der Waals surface area contributed by atoms with Crippen LogP contribution in [0, 0.1) is 46.3 Å². The Morgan fingerprint density at radius 1 is 0.878 bits per heavy atom. The SMILES string of the molecule is C[C@H](CCC(=O)NC1CC[N+](Cc2ccccc2)(c2ccccc2)CC1)[C@H]1CC[C@H]2[C@@H]3[C@H](O)C[C@@H]4C[C@H](O)CC[C@]4(C)[C@H]3C[C@H](O)[C@]12C.[Br-]. The molecule has 0 bridgehead atoms. The van der Waals surface area contributed by atoms with Gasteiger partial charge in [0.05, 0.1) is 31.4 Å². The van der Waals surface area contributed by atoms with Crippen LogP contribution in [0.2, 0.25) is 0 Å². The number of para-hydroxylation sites is 1. The molecule has 49 heavy (non-hydrogen) atoms. The predicted octanol–water partition coefficient (Wildman–Crippen LogP) is 3.85. The molecule has 0 radical (unpaired) electrons. The van der Waals surface area contributed by atoms with Gasteiger partial charge in [-0.15, -0.1) is 0 Å². The molecule has 7 rings (SSSR count). The van der Waals surface area contributed by atoms with Crippen molar-refractivity contribution < 1.29 is 37.1 Å². The minimum atomic E-state index is -0.386. The van der Waals surface area contributed by atoms with Crippen LogP contribution in [0.5, 0.6) is 0 Å². The second-order valence-corrected chi connectivity index (χ2v) is 17.5. The molecule has 1 aliphatic heterocycles. The van der Waals surface area contributed by atoms with Crippen molar-refractivity contribution in [3.05, 3.63) is 66.2 Å². The van der Waals surface area contributed by atoms with Crippen LogP contribution in [0.1, 0.15) is 97.0 Å². The van der Waals surface area contributed by atoms with Gasteiger partial charge in [-0.05, 0) is 110 Å². The summed E-state index contributed by atoms with van der Waals surface area (Å²) >= 11 is 0. The number of aliphatic hydroxyl groups excluding tert-OH is 3. The quantitative estimate of drug-likeness (QED) is 0.310. The highest BCUT2D eigenvalue weighted by Crippen LogP contribution is 2.68. The molecule has 5 fully saturated rings. The highest BCUT2D eigenvalue weighted by atomic mass is 79.9. The largest absolute Gasteiger partial charge is 1.00 e. The molecule has 1 amide bonds. The highest BCUT2D eigenvalue weighted by molar-refractivity contribution is 5.76. The fourth-order valence-corrected chi connectivity index (χ4v) is 12.4. The Kier molecular flexibility index (Phi) is 11.1. The molecule has 4 saturated carbocycles. The molecule has 2 aromatic carbocycles. The fraction of sp³-hybridized carbons (Fsp3) is 0.690. The summed E-state index contributed by atoms with van der Waals surface area (Å²) in [6.07, 6.45) is 8.64. The van der Waals surface area contributed by atoms with E-state index >= 15 is 0 Å². The van der Waals surface area contributed by atoms with E-state index in [9.17, 15) is 20.1 Å². The van der Waals surface area contributed by atoms with Gasteiger partial charge in [0.25, 0.3) is 0 Å². The molecule has 0 spiro atoms. The highest BCUT2D eigenvalue weighted by Gasteiger charge is 2.65. The van der Waals surface area contributed by atoms with Gasteiger partial charge in [0.15, 0.2) is 0 Å². The topological polar surface area (TPSA) is 89.8 Å². The number of aliphatic hydroxyl groups is 3. The lowest BCUT2D eigenvalue weighted by Crippen LogP contribution is -3.00. The second kappa shape index (κ2) is 14.7. The monoisotopic (exact) mass is 736 g/mol. The van der Waals surface area contributed by atoms with Crippen LogP contribution in [-0.4, -0.2) is 58.7 Å². The standard InChI is InChI=1S/C42H60N2O4.BrH/c1-28(34-15-16-35-40-36(26-38(47)42(34,35)3)41(2)21-18-33(45)24-30(41)25-37(40)46)14-17-39(48)43-31-19-22-44(23-20-31,32-12-8-5-9-13-32)27-29-10-6-4-7-11-29;/h4-13,28,30-31,33-38,40,45-47H,14-27H2,1-3H3;1H/t28-,30+,31?,33-,34-,35+,36+,37-,38+,40+,41+,42-,44?;/m1./s1. The van der Waals surface area contributed by atoms with Crippen molar-refractivity contribution in [2.45, 2.75) is 122 Å². The maximum absolute atomic E-state index is 13.4. The molecule has 1 saturated heterocycles. The molecular weight excluding hydrogens is 676 g/mol. The number of amides is 1. The van der Waals surface area contributed by atoms with E-state index in [1.807, 2.05) is 0 Å². The Hall–Kier alpha value is -1.77. The molecule has 6 nitrogen and oxygen atoms in total. The van der Waals surface area contributed by atoms with Crippen molar-refractivity contribution in [2.24, 2.45) is 46.3 Å². The van der Waals surface area contributed by atoms with Gasteiger partial charge >= 0.3 is 0 Å². The number of halogens is 1. The number of nitrogens with zero attached hydrogens (tertiary/aromatic N) is 1. The Morgan fingerprint density at radius 3 is 2.24 bits per heavy atom. The fourth-order valence-electron chi connectivity index (χ4n) is 12.4.